The Hall–Kier alpha value is -0.140. The number of benzene rings is 1. The fourth-order valence-corrected chi connectivity index (χ4v) is 2.46. The van der Waals surface area contributed by atoms with Gasteiger partial charge in [0.05, 0.1) is 12.5 Å². The van der Waals surface area contributed by atoms with Crippen molar-refractivity contribution in [2.45, 2.75) is 77.6 Å². The highest BCUT2D eigenvalue weighted by Gasteiger charge is 1.94. The smallest absolute Gasteiger partial charge is 0.0949 e. The Morgan fingerprint density at radius 3 is 1.55 bits per heavy atom. The standard InChI is InChI=1S/C18H30.C2H6S.ClH/c1-2-3-4-5-6-7-8-9-10-12-15-18-16-13-11-14-17-18;1-3-2;/h11,13-14,16-17H,2-10,12,15H2,1H3;1-2H3;1H. The van der Waals surface area contributed by atoms with Gasteiger partial charge >= 0.3 is 0 Å². The van der Waals surface area contributed by atoms with Gasteiger partial charge in [0, 0.05) is 0 Å². The van der Waals surface area contributed by atoms with Crippen LogP contribution in [0.25, 0.3) is 0 Å². The first kappa shape index (κ1) is 24.1. The summed E-state index contributed by atoms with van der Waals surface area (Å²) in [4.78, 5) is 0. The second kappa shape index (κ2) is 20.9. The molecule has 2 heteroatoms. The van der Waals surface area contributed by atoms with Crippen LogP contribution < -0.4 is 12.4 Å². The molecule has 1 rings (SSSR count). The Morgan fingerprint density at radius 1 is 0.682 bits per heavy atom. The van der Waals surface area contributed by atoms with Crippen molar-refractivity contribution in [2.24, 2.45) is 0 Å². The zero-order valence-electron chi connectivity index (χ0n) is 15.0. The summed E-state index contributed by atoms with van der Waals surface area (Å²) in [7, 11) is 0. The average molecular weight is 345 g/mol. The fourth-order valence-electron chi connectivity index (χ4n) is 2.46. The van der Waals surface area contributed by atoms with Crippen molar-refractivity contribution in [3.8, 4) is 0 Å². The molecule has 0 saturated carbocycles. The molecule has 0 aliphatic rings. The highest BCUT2D eigenvalue weighted by atomic mass is 35.5. The van der Waals surface area contributed by atoms with E-state index in [0.717, 1.165) is 0 Å². The molecule has 0 atom stereocenters. The molecular weight excluding hydrogens is 308 g/mol. The van der Waals surface area contributed by atoms with Gasteiger partial charge in [0.25, 0.3) is 0 Å². The number of halogens is 1. The molecule has 0 N–H and O–H groups in total. The van der Waals surface area contributed by atoms with Crippen molar-refractivity contribution in [3.63, 3.8) is 0 Å². The molecular formula is C20H37ClS. The van der Waals surface area contributed by atoms with E-state index in [1.54, 1.807) is 0 Å². The van der Waals surface area contributed by atoms with Gasteiger partial charge in [0.2, 0.25) is 0 Å². The second-order valence-corrected chi connectivity index (χ2v) is 6.76. The Bertz CT molecular complexity index is 287. The van der Waals surface area contributed by atoms with Gasteiger partial charge in [-0.15, -0.1) is 0 Å². The molecule has 1 aromatic rings. The summed E-state index contributed by atoms with van der Waals surface area (Å²) in [5, 5.41) is 0. The van der Waals surface area contributed by atoms with Crippen LogP contribution in [-0.4, -0.2) is 12.5 Å². The van der Waals surface area contributed by atoms with Crippen LogP contribution in [0.1, 0.15) is 76.7 Å². The third-order valence-corrected chi connectivity index (χ3v) is 3.66. The third kappa shape index (κ3) is 17.9. The molecule has 0 spiro atoms. The van der Waals surface area contributed by atoms with E-state index in [1.807, 2.05) is 0 Å². The van der Waals surface area contributed by atoms with Crippen LogP contribution in [0.5, 0.6) is 0 Å². The Labute approximate surface area is 150 Å². The SMILES string of the molecule is CCCCCCCCCCCCc1ccccc1.C[SH+]C.[Cl-]. The van der Waals surface area contributed by atoms with E-state index in [1.165, 1.54) is 88.0 Å². The number of rotatable bonds is 11. The van der Waals surface area contributed by atoms with E-state index in [4.69, 9.17) is 0 Å². The summed E-state index contributed by atoms with van der Waals surface area (Å²) in [6, 6.07) is 10.9. The summed E-state index contributed by atoms with van der Waals surface area (Å²) in [5.41, 5.74) is 1.50. The molecule has 130 valence electrons. The van der Waals surface area contributed by atoms with Crippen molar-refractivity contribution in [2.75, 3.05) is 12.5 Å². The Balaban J connectivity index is 0. The van der Waals surface area contributed by atoms with Gasteiger partial charge in [0.15, 0.2) is 0 Å². The third-order valence-electron chi connectivity index (χ3n) is 3.66. The van der Waals surface area contributed by atoms with Gasteiger partial charge in [-0.05, 0) is 30.2 Å². The van der Waals surface area contributed by atoms with E-state index in [2.05, 4.69) is 49.8 Å². The van der Waals surface area contributed by atoms with E-state index in [0.29, 0.717) is 0 Å². The molecule has 0 aliphatic carbocycles. The van der Waals surface area contributed by atoms with E-state index in [9.17, 15) is 0 Å². The minimum absolute atomic E-state index is 0. The van der Waals surface area contributed by atoms with Crippen molar-refractivity contribution in [1.82, 2.24) is 0 Å². The number of aryl methyl sites for hydroxylation is 1. The molecule has 0 bridgehead atoms. The highest BCUT2D eigenvalue weighted by Crippen LogP contribution is 2.12. The highest BCUT2D eigenvalue weighted by molar-refractivity contribution is 7.76. The lowest BCUT2D eigenvalue weighted by molar-refractivity contribution is -0.00000464. The molecule has 0 amide bonds. The minimum Gasteiger partial charge on any atom is -1.00 e. The molecule has 0 nitrogen and oxygen atoms in total. The van der Waals surface area contributed by atoms with Crippen molar-refractivity contribution in [3.05, 3.63) is 35.9 Å². The average Bonchev–Trinajstić information content (AvgIpc) is 2.51. The minimum atomic E-state index is 0. The summed E-state index contributed by atoms with van der Waals surface area (Å²) < 4.78 is 0. The topological polar surface area (TPSA) is 0 Å². The number of hydrogen-bond donors (Lipinski definition) is 0. The summed E-state index contributed by atoms with van der Waals surface area (Å²) in [5.74, 6) is 0. The van der Waals surface area contributed by atoms with Gasteiger partial charge in [-0.1, -0.05) is 95.0 Å². The first-order valence-electron chi connectivity index (χ1n) is 8.87. The van der Waals surface area contributed by atoms with Crippen LogP contribution in [0.3, 0.4) is 0 Å². The van der Waals surface area contributed by atoms with Gasteiger partial charge in [0.1, 0.15) is 0 Å². The van der Waals surface area contributed by atoms with E-state index < -0.39 is 0 Å². The summed E-state index contributed by atoms with van der Waals surface area (Å²) in [6.45, 7) is 2.28. The van der Waals surface area contributed by atoms with Crippen LogP contribution in [0.15, 0.2) is 30.3 Å². The lowest BCUT2D eigenvalue weighted by atomic mass is 10.0. The fraction of sp³-hybridized carbons (Fsp3) is 0.700. The Morgan fingerprint density at radius 2 is 1.09 bits per heavy atom. The molecule has 0 aliphatic heterocycles. The molecule has 22 heavy (non-hydrogen) atoms. The zero-order chi connectivity index (χ0) is 15.6. The van der Waals surface area contributed by atoms with E-state index >= 15 is 0 Å². The van der Waals surface area contributed by atoms with Crippen molar-refractivity contribution >= 4 is 11.8 Å². The maximum Gasteiger partial charge on any atom is 0.0949 e. The van der Waals surface area contributed by atoms with Gasteiger partial charge in [-0.25, -0.2) is 0 Å². The number of hydrogen-bond acceptors (Lipinski definition) is 0. The zero-order valence-corrected chi connectivity index (χ0v) is 16.6. The molecule has 1 aromatic carbocycles. The Kier molecular flexibility index (Phi) is 22.9. The maximum atomic E-state index is 2.28. The predicted octanol–water partition coefficient (Wildman–Crippen LogP) is 3.21. The molecule has 0 saturated heterocycles. The molecule has 0 unspecified atom stereocenters. The second-order valence-electron chi connectivity index (χ2n) is 5.86. The van der Waals surface area contributed by atoms with Crippen LogP contribution >= 0.6 is 0 Å². The van der Waals surface area contributed by atoms with Crippen LogP contribution in [-0.2, 0) is 18.2 Å². The first-order chi connectivity index (χ1) is 10.3. The predicted molar refractivity (Wildman–Crippen MR) is 103 cm³/mol. The van der Waals surface area contributed by atoms with Crippen molar-refractivity contribution in [1.29, 1.82) is 0 Å². The van der Waals surface area contributed by atoms with Crippen LogP contribution in [0.2, 0.25) is 0 Å². The maximum absolute atomic E-state index is 2.28. The molecule has 0 fully saturated rings. The van der Waals surface area contributed by atoms with Crippen molar-refractivity contribution < 1.29 is 12.4 Å². The molecule has 0 heterocycles. The first-order valence-corrected chi connectivity index (χ1v) is 10.7. The normalized spacial score (nSPS) is 9.59. The summed E-state index contributed by atoms with van der Waals surface area (Å²) in [6.07, 6.45) is 19.7. The van der Waals surface area contributed by atoms with Crippen LogP contribution in [0, 0.1) is 0 Å². The van der Waals surface area contributed by atoms with E-state index in [-0.39, 0.29) is 12.4 Å². The van der Waals surface area contributed by atoms with Gasteiger partial charge in [-0.3, -0.25) is 0 Å². The number of unbranched alkanes of at least 4 members (excludes halogenated alkanes) is 9. The van der Waals surface area contributed by atoms with Crippen LogP contribution in [0.4, 0.5) is 0 Å². The number of thiol groups is 1. The lowest BCUT2D eigenvalue weighted by Gasteiger charge is -2.03. The monoisotopic (exact) mass is 344 g/mol. The molecule has 0 aromatic heterocycles. The lowest BCUT2D eigenvalue weighted by Crippen LogP contribution is -3.00. The van der Waals surface area contributed by atoms with Gasteiger partial charge < -0.3 is 12.4 Å². The largest absolute Gasteiger partial charge is 1.00 e. The molecule has 0 radical (unpaired) electrons. The quantitative estimate of drug-likeness (QED) is 0.328. The summed E-state index contributed by atoms with van der Waals surface area (Å²) >= 11 is 1.42. The van der Waals surface area contributed by atoms with Gasteiger partial charge in [-0.2, -0.15) is 0 Å².